The summed E-state index contributed by atoms with van der Waals surface area (Å²) in [4.78, 5) is 22.1. The maximum atomic E-state index is 13.2. The Balaban J connectivity index is 1.66. The van der Waals surface area contributed by atoms with Gasteiger partial charge in [0.15, 0.2) is 0 Å². The molecule has 1 amide bonds. The molecule has 8 heteroatoms. The van der Waals surface area contributed by atoms with E-state index in [-0.39, 0.29) is 5.91 Å². The first-order chi connectivity index (χ1) is 13.9. The maximum Gasteiger partial charge on any atom is 0.268 e. The highest BCUT2D eigenvalue weighted by atomic mass is 35.5. The third-order valence-electron chi connectivity index (χ3n) is 4.75. The van der Waals surface area contributed by atoms with Crippen molar-refractivity contribution in [3.63, 3.8) is 0 Å². The van der Waals surface area contributed by atoms with Crippen LogP contribution in [-0.4, -0.2) is 25.0 Å². The molecule has 6 nitrogen and oxygen atoms in total. The molecule has 0 radical (unpaired) electrons. The number of aryl methyl sites for hydroxylation is 3. The van der Waals surface area contributed by atoms with E-state index in [0.29, 0.717) is 10.7 Å². The number of benzene rings is 1. The number of aromatic nitrogens is 4. The number of nitrogens with zero attached hydrogens (tertiary/aromatic N) is 4. The second-order valence-corrected chi connectivity index (χ2v) is 8.33. The Labute approximate surface area is 177 Å². The molecule has 4 aromatic rings. The van der Waals surface area contributed by atoms with E-state index < -0.39 is 6.04 Å². The lowest BCUT2D eigenvalue weighted by Gasteiger charge is -2.19. The van der Waals surface area contributed by atoms with Crippen LogP contribution >= 0.6 is 22.9 Å². The van der Waals surface area contributed by atoms with E-state index in [0.717, 1.165) is 27.7 Å². The van der Waals surface area contributed by atoms with Gasteiger partial charge in [-0.25, -0.2) is 9.97 Å². The van der Waals surface area contributed by atoms with Crippen LogP contribution in [0.25, 0.3) is 11.3 Å². The average molecular weight is 426 g/mol. The van der Waals surface area contributed by atoms with Gasteiger partial charge < -0.3 is 14.5 Å². The first-order valence-corrected chi connectivity index (χ1v) is 10.3. The van der Waals surface area contributed by atoms with Crippen LogP contribution in [0, 0.1) is 6.92 Å². The molecule has 1 atom stereocenters. The zero-order valence-electron chi connectivity index (χ0n) is 16.3. The molecule has 0 unspecified atom stereocenters. The summed E-state index contributed by atoms with van der Waals surface area (Å²) in [6.07, 6.45) is 5.49. The number of carbonyl (C=O) groups is 1. The molecule has 1 aromatic carbocycles. The van der Waals surface area contributed by atoms with Crippen molar-refractivity contribution in [2.75, 3.05) is 0 Å². The molecule has 148 valence electrons. The van der Waals surface area contributed by atoms with Crippen LogP contribution in [0.3, 0.4) is 0 Å². The molecule has 1 N–H and O–H groups in total. The molecule has 0 fully saturated rings. The Morgan fingerprint density at radius 1 is 1.21 bits per heavy atom. The fourth-order valence-electron chi connectivity index (χ4n) is 3.24. The van der Waals surface area contributed by atoms with Crippen molar-refractivity contribution < 1.29 is 4.79 Å². The first kappa shape index (κ1) is 19.4. The molecule has 0 saturated heterocycles. The molecule has 4 rings (SSSR count). The second kappa shape index (κ2) is 7.85. The Kier molecular flexibility index (Phi) is 5.25. The lowest BCUT2D eigenvalue weighted by atomic mass is 10.1. The Bertz CT molecular complexity index is 1160. The predicted molar refractivity (Wildman–Crippen MR) is 115 cm³/mol. The van der Waals surface area contributed by atoms with Crippen molar-refractivity contribution in [2.24, 2.45) is 14.1 Å². The summed E-state index contributed by atoms with van der Waals surface area (Å²) in [5.74, 6) is 0.555. The predicted octanol–water partition coefficient (Wildman–Crippen LogP) is 4.36. The fraction of sp³-hybridized carbons (Fsp3) is 0.190. The summed E-state index contributed by atoms with van der Waals surface area (Å²) in [5.41, 5.74) is 3.25. The number of thiazole rings is 1. The fourth-order valence-corrected chi connectivity index (χ4v) is 3.99. The number of carbonyl (C=O) groups excluding carboxylic acids is 1. The molecule has 0 aliphatic heterocycles. The normalized spacial score (nSPS) is 12.1. The molecule has 3 heterocycles. The number of nitrogens with one attached hydrogen (secondary N) is 1. The summed E-state index contributed by atoms with van der Waals surface area (Å²) in [6.45, 7) is 1.97. The summed E-state index contributed by atoms with van der Waals surface area (Å²) in [6, 6.07) is 8.88. The maximum absolute atomic E-state index is 13.2. The average Bonchev–Trinajstić information content (AvgIpc) is 3.40. The van der Waals surface area contributed by atoms with Gasteiger partial charge in [0.25, 0.3) is 5.91 Å². The molecular weight excluding hydrogens is 406 g/mol. The summed E-state index contributed by atoms with van der Waals surface area (Å²) in [7, 11) is 3.76. The summed E-state index contributed by atoms with van der Waals surface area (Å²) < 4.78 is 3.71. The van der Waals surface area contributed by atoms with Gasteiger partial charge in [-0.2, -0.15) is 0 Å². The van der Waals surface area contributed by atoms with Crippen molar-refractivity contribution >= 4 is 28.8 Å². The van der Waals surface area contributed by atoms with Crippen molar-refractivity contribution in [2.45, 2.75) is 13.0 Å². The van der Waals surface area contributed by atoms with E-state index in [1.54, 1.807) is 17.5 Å². The highest BCUT2D eigenvalue weighted by Gasteiger charge is 2.23. The lowest BCUT2D eigenvalue weighted by molar-refractivity contribution is 0.0933. The molecule has 0 spiro atoms. The van der Waals surface area contributed by atoms with Crippen LogP contribution < -0.4 is 5.32 Å². The lowest BCUT2D eigenvalue weighted by Crippen LogP contribution is -2.32. The standard InChI is InChI=1S/C21H20ClN5OS/c1-13-24-17(12-29-13)15-10-18(27(3)11-15)21(28)25-19(20-23-8-9-26(20)2)14-4-6-16(22)7-5-14/h4-12,19H,1-3H3,(H,25,28)/t19-/m0/s1. The molecule has 0 aliphatic carbocycles. The third kappa shape index (κ3) is 3.97. The first-order valence-electron chi connectivity index (χ1n) is 9.05. The number of amides is 1. The topological polar surface area (TPSA) is 64.7 Å². The number of imidazole rings is 1. The number of halogens is 1. The Morgan fingerprint density at radius 2 is 1.97 bits per heavy atom. The molecule has 0 aliphatic rings. The summed E-state index contributed by atoms with van der Waals surface area (Å²) >= 11 is 7.63. The van der Waals surface area contributed by atoms with Gasteiger partial charge in [-0.3, -0.25) is 4.79 Å². The van der Waals surface area contributed by atoms with Crippen molar-refractivity contribution in [3.8, 4) is 11.3 Å². The van der Waals surface area contributed by atoms with Crippen LogP contribution in [0.15, 0.2) is 54.3 Å². The molecular formula is C21H20ClN5OS. The van der Waals surface area contributed by atoms with E-state index in [2.05, 4.69) is 15.3 Å². The van der Waals surface area contributed by atoms with E-state index in [9.17, 15) is 4.79 Å². The molecule has 29 heavy (non-hydrogen) atoms. The minimum Gasteiger partial charge on any atom is -0.346 e. The van der Waals surface area contributed by atoms with E-state index in [1.807, 2.05) is 78.3 Å². The van der Waals surface area contributed by atoms with Crippen molar-refractivity contribution in [3.05, 3.63) is 81.4 Å². The third-order valence-corrected chi connectivity index (χ3v) is 5.77. The molecule has 3 aromatic heterocycles. The SMILES string of the molecule is Cc1nc(-c2cc(C(=O)N[C@@H](c3ccc(Cl)cc3)c3nccn3C)n(C)c2)cs1. The number of hydrogen-bond acceptors (Lipinski definition) is 4. The second-order valence-electron chi connectivity index (χ2n) is 6.83. The van der Waals surface area contributed by atoms with Gasteiger partial charge in [0.05, 0.1) is 10.7 Å². The van der Waals surface area contributed by atoms with E-state index in [1.165, 1.54) is 0 Å². The van der Waals surface area contributed by atoms with Crippen LogP contribution in [0.2, 0.25) is 5.02 Å². The van der Waals surface area contributed by atoms with Crippen molar-refractivity contribution in [1.82, 2.24) is 24.4 Å². The minimum atomic E-state index is -0.403. The van der Waals surface area contributed by atoms with Gasteiger partial charge in [-0.15, -0.1) is 11.3 Å². The summed E-state index contributed by atoms with van der Waals surface area (Å²) in [5, 5.41) is 6.75. The van der Waals surface area contributed by atoms with Gasteiger partial charge in [-0.1, -0.05) is 23.7 Å². The van der Waals surface area contributed by atoms with Gasteiger partial charge >= 0.3 is 0 Å². The highest BCUT2D eigenvalue weighted by Crippen LogP contribution is 2.26. The zero-order valence-corrected chi connectivity index (χ0v) is 17.8. The van der Waals surface area contributed by atoms with Gasteiger partial charge in [0, 0.05) is 48.7 Å². The number of rotatable bonds is 5. The van der Waals surface area contributed by atoms with E-state index >= 15 is 0 Å². The van der Waals surface area contributed by atoms with Gasteiger partial charge in [0.1, 0.15) is 17.6 Å². The number of hydrogen-bond donors (Lipinski definition) is 1. The molecule has 0 bridgehead atoms. The minimum absolute atomic E-state index is 0.186. The Morgan fingerprint density at radius 3 is 2.59 bits per heavy atom. The highest BCUT2D eigenvalue weighted by molar-refractivity contribution is 7.09. The van der Waals surface area contributed by atoms with Crippen LogP contribution in [0.1, 0.15) is 32.9 Å². The van der Waals surface area contributed by atoms with Crippen LogP contribution in [-0.2, 0) is 14.1 Å². The Hall–Kier alpha value is -2.90. The van der Waals surface area contributed by atoms with Gasteiger partial charge in [-0.05, 0) is 30.7 Å². The van der Waals surface area contributed by atoms with Crippen LogP contribution in [0.5, 0.6) is 0 Å². The van der Waals surface area contributed by atoms with Crippen LogP contribution in [0.4, 0.5) is 0 Å². The largest absolute Gasteiger partial charge is 0.346 e. The van der Waals surface area contributed by atoms with E-state index in [4.69, 9.17) is 11.6 Å². The smallest absolute Gasteiger partial charge is 0.268 e. The van der Waals surface area contributed by atoms with Gasteiger partial charge in [0.2, 0.25) is 0 Å². The monoisotopic (exact) mass is 425 g/mol. The molecule has 0 saturated carbocycles. The van der Waals surface area contributed by atoms with Crippen molar-refractivity contribution in [1.29, 1.82) is 0 Å². The zero-order chi connectivity index (χ0) is 20.5. The quantitative estimate of drug-likeness (QED) is 0.516.